The Morgan fingerprint density at radius 3 is 2.67 bits per heavy atom. The van der Waals surface area contributed by atoms with E-state index in [1.165, 1.54) is 12.8 Å². The average molecular weight is 368 g/mol. The van der Waals surface area contributed by atoms with E-state index >= 15 is 0 Å². The highest BCUT2D eigenvalue weighted by molar-refractivity contribution is 5.92. The predicted octanol–water partition coefficient (Wildman–Crippen LogP) is 1.73. The van der Waals surface area contributed by atoms with E-state index in [1.807, 2.05) is 11.0 Å². The third-order valence-electron chi connectivity index (χ3n) is 5.64. The van der Waals surface area contributed by atoms with Crippen molar-refractivity contribution in [3.63, 3.8) is 0 Å². The number of aryl methyl sites for hydroxylation is 1. The Balaban J connectivity index is 1.25. The van der Waals surface area contributed by atoms with Crippen LogP contribution in [-0.2, 0) is 6.54 Å². The van der Waals surface area contributed by atoms with Crippen LogP contribution in [0.5, 0.6) is 5.88 Å². The summed E-state index contributed by atoms with van der Waals surface area (Å²) < 4.78 is 7.38. The summed E-state index contributed by atoms with van der Waals surface area (Å²) in [6.45, 7) is 3.02. The maximum atomic E-state index is 12.9. The van der Waals surface area contributed by atoms with Gasteiger partial charge in [0.15, 0.2) is 5.69 Å². The van der Waals surface area contributed by atoms with Crippen molar-refractivity contribution in [1.82, 2.24) is 24.6 Å². The SMILES string of the molecule is O=C(c1cc2n(n1)CCCO2)N1CCC(N(c2ccncn2)C2CC2)CC1. The highest BCUT2D eigenvalue weighted by atomic mass is 16.5. The highest BCUT2D eigenvalue weighted by Gasteiger charge is 2.37. The zero-order valence-corrected chi connectivity index (χ0v) is 15.3. The molecule has 3 aliphatic rings. The first-order valence-electron chi connectivity index (χ1n) is 9.84. The van der Waals surface area contributed by atoms with Crippen LogP contribution in [0.1, 0.15) is 42.6 Å². The molecule has 2 aromatic rings. The Bertz CT molecular complexity index is 787. The lowest BCUT2D eigenvalue weighted by molar-refractivity contribution is 0.0705. The van der Waals surface area contributed by atoms with Gasteiger partial charge in [0.25, 0.3) is 5.91 Å². The van der Waals surface area contributed by atoms with Crippen molar-refractivity contribution < 1.29 is 9.53 Å². The zero-order valence-electron chi connectivity index (χ0n) is 15.3. The first kappa shape index (κ1) is 16.5. The van der Waals surface area contributed by atoms with Crippen LogP contribution in [-0.4, -0.2) is 62.3 Å². The number of ether oxygens (including phenoxy) is 1. The Kier molecular flexibility index (Phi) is 4.18. The molecule has 2 aromatic heterocycles. The second-order valence-corrected chi connectivity index (χ2v) is 7.52. The third-order valence-corrected chi connectivity index (χ3v) is 5.64. The molecule has 1 aliphatic carbocycles. The van der Waals surface area contributed by atoms with E-state index in [0.717, 1.165) is 44.7 Å². The molecule has 0 spiro atoms. The van der Waals surface area contributed by atoms with Crippen LogP contribution in [0.15, 0.2) is 24.7 Å². The summed E-state index contributed by atoms with van der Waals surface area (Å²) >= 11 is 0. The number of rotatable bonds is 4. The number of piperidine rings is 1. The van der Waals surface area contributed by atoms with Gasteiger partial charge in [0.05, 0.1) is 6.61 Å². The first-order valence-corrected chi connectivity index (χ1v) is 9.84. The van der Waals surface area contributed by atoms with Crippen LogP contribution < -0.4 is 9.64 Å². The molecule has 1 amide bonds. The largest absolute Gasteiger partial charge is 0.478 e. The Labute approximate surface area is 158 Å². The molecule has 8 nitrogen and oxygen atoms in total. The van der Waals surface area contributed by atoms with Crippen molar-refractivity contribution in [2.24, 2.45) is 0 Å². The summed E-state index contributed by atoms with van der Waals surface area (Å²) in [5.41, 5.74) is 0.500. The van der Waals surface area contributed by atoms with Gasteiger partial charge in [-0.05, 0) is 31.7 Å². The van der Waals surface area contributed by atoms with Gasteiger partial charge in [-0.15, -0.1) is 0 Å². The van der Waals surface area contributed by atoms with Gasteiger partial charge in [-0.3, -0.25) is 4.79 Å². The fourth-order valence-corrected chi connectivity index (χ4v) is 4.14. The topological polar surface area (TPSA) is 76.4 Å². The molecule has 0 radical (unpaired) electrons. The normalized spacial score (nSPS) is 20.1. The van der Waals surface area contributed by atoms with Crippen LogP contribution in [0.4, 0.5) is 5.82 Å². The number of fused-ring (bicyclic) bond motifs is 1. The molecule has 1 saturated heterocycles. The number of aromatic nitrogens is 4. The van der Waals surface area contributed by atoms with E-state index in [-0.39, 0.29) is 5.91 Å². The molecule has 142 valence electrons. The molecule has 4 heterocycles. The fraction of sp³-hybridized carbons (Fsp3) is 0.579. The van der Waals surface area contributed by atoms with E-state index in [2.05, 4.69) is 20.0 Å². The molecule has 27 heavy (non-hydrogen) atoms. The van der Waals surface area contributed by atoms with E-state index < -0.39 is 0 Å². The minimum Gasteiger partial charge on any atom is -0.478 e. The molecule has 2 aliphatic heterocycles. The number of hydrogen-bond acceptors (Lipinski definition) is 6. The monoisotopic (exact) mass is 368 g/mol. The van der Waals surface area contributed by atoms with Gasteiger partial charge in [0, 0.05) is 50.4 Å². The van der Waals surface area contributed by atoms with Crippen molar-refractivity contribution in [2.45, 2.75) is 50.7 Å². The summed E-state index contributed by atoms with van der Waals surface area (Å²) in [6, 6.07) is 4.79. The average Bonchev–Trinajstić information content (AvgIpc) is 3.45. The third kappa shape index (κ3) is 3.24. The van der Waals surface area contributed by atoms with Crippen LogP contribution >= 0.6 is 0 Å². The minimum atomic E-state index is 0.0129. The van der Waals surface area contributed by atoms with Crippen molar-refractivity contribution >= 4 is 11.7 Å². The molecule has 0 N–H and O–H groups in total. The van der Waals surface area contributed by atoms with Crippen LogP contribution in [0.2, 0.25) is 0 Å². The van der Waals surface area contributed by atoms with E-state index in [0.29, 0.717) is 30.3 Å². The molecule has 5 rings (SSSR count). The van der Waals surface area contributed by atoms with Crippen molar-refractivity contribution in [1.29, 1.82) is 0 Å². The first-order chi connectivity index (χ1) is 13.3. The van der Waals surface area contributed by atoms with Crippen LogP contribution in [0.3, 0.4) is 0 Å². The maximum Gasteiger partial charge on any atom is 0.274 e. The van der Waals surface area contributed by atoms with E-state index in [4.69, 9.17) is 4.74 Å². The summed E-state index contributed by atoms with van der Waals surface area (Å²) in [6.07, 6.45) is 8.72. The molecule has 2 fully saturated rings. The lowest BCUT2D eigenvalue weighted by Gasteiger charge is -2.39. The standard InChI is InChI=1S/C19H24N6O2/c26-19(16-12-18-24(22-16)8-1-11-27-18)23-9-5-15(6-10-23)25(14-2-3-14)17-4-7-20-13-21-17/h4,7,12-15H,1-3,5-6,8-11H2. The summed E-state index contributed by atoms with van der Waals surface area (Å²) in [4.78, 5) is 25.7. The van der Waals surface area contributed by atoms with Gasteiger partial charge in [0.1, 0.15) is 12.1 Å². The van der Waals surface area contributed by atoms with Gasteiger partial charge in [0.2, 0.25) is 5.88 Å². The smallest absolute Gasteiger partial charge is 0.274 e. The summed E-state index contributed by atoms with van der Waals surface area (Å²) in [7, 11) is 0. The Morgan fingerprint density at radius 2 is 1.96 bits per heavy atom. The molecule has 0 atom stereocenters. The molecular formula is C19H24N6O2. The number of amides is 1. The number of anilines is 1. The number of likely N-dealkylation sites (tertiary alicyclic amines) is 1. The molecule has 0 aromatic carbocycles. The molecule has 0 unspecified atom stereocenters. The van der Waals surface area contributed by atoms with E-state index in [1.54, 1.807) is 23.3 Å². The lowest BCUT2D eigenvalue weighted by Crippen LogP contribution is -2.48. The fourth-order valence-electron chi connectivity index (χ4n) is 4.14. The summed E-state index contributed by atoms with van der Waals surface area (Å²) in [5.74, 6) is 1.73. The van der Waals surface area contributed by atoms with Gasteiger partial charge >= 0.3 is 0 Å². The van der Waals surface area contributed by atoms with Crippen molar-refractivity contribution in [2.75, 3.05) is 24.6 Å². The van der Waals surface area contributed by atoms with Gasteiger partial charge in [-0.25, -0.2) is 14.6 Å². The second kappa shape index (κ2) is 6.83. The van der Waals surface area contributed by atoms with E-state index in [9.17, 15) is 4.79 Å². The molecule has 0 bridgehead atoms. The second-order valence-electron chi connectivity index (χ2n) is 7.52. The van der Waals surface area contributed by atoms with Crippen molar-refractivity contribution in [3.05, 3.63) is 30.4 Å². The van der Waals surface area contributed by atoms with Crippen LogP contribution in [0, 0.1) is 0 Å². The van der Waals surface area contributed by atoms with Gasteiger partial charge < -0.3 is 14.5 Å². The number of carbonyl (C=O) groups is 1. The Morgan fingerprint density at radius 1 is 1.15 bits per heavy atom. The molecular weight excluding hydrogens is 344 g/mol. The quantitative estimate of drug-likeness (QED) is 0.818. The zero-order chi connectivity index (χ0) is 18.2. The Hall–Kier alpha value is -2.64. The minimum absolute atomic E-state index is 0.0129. The maximum absolute atomic E-state index is 12.9. The highest BCUT2D eigenvalue weighted by Crippen LogP contribution is 2.35. The lowest BCUT2D eigenvalue weighted by atomic mass is 10.0. The molecule has 8 heteroatoms. The van der Waals surface area contributed by atoms with Gasteiger partial charge in [-0.2, -0.15) is 5.10 Å². The number of hydrogen-bond donors (Lipinski definition) is 0. The number of nitrogens with zero attached hydrogens (tertiary/aromatic N) is 6. The predicted molar refractivity (Wildman–Crippen MR) is 98.8 cm³/mol. The van der Waals surface area contributed by atoms with Crippen molar-refractivity contribution in [3.8, 4) is 5.88 Å². The molecule has 1 saturated carbocycles. The summed E-state index contributed by atoms with van der Waals surface area (Å²) in [5, 5.41) is 4.44. The van der Waals surface area contributed by atoms with Crippen LogP contribution in [0.25, 0.3) is 0 Å². The van der Waals surface area contributed by atoms with Gasteiger partial charge in [-0.1, -0.05) is 0 Å². The number of carbonyl (C=O) groups excluding carboxylic acids is 1.